The fourth-order valence-corrected chi connectivity index (χ4v) is 2.92. The average molecular weight is 350 g/mol. The Balaban J connectivity index is 1.53. The predicted octanol–water partition coefficient (Wildman–Crippen LogP) is 2.51. The topological polar surface area (TPSA) is 77.6 Å². The van der Waals surface area contributed by atoms with E-state index in [1.165, 1.54) is 0 Å². The summed E-state index contributed by atoms with van der Waals surface area (Å²) in [4.78, 5) is 17.3. The summed E-state index contributed by atoms with van der Waals surface area (Å²) in [5.74, 6) is 2.00. The van der Waals surface area contributed by atoms with Crippen LogP contribution >= 0.6 is 0 Å². The molecule has 134 valence electrons. The van der Waals surface area contributed by atoms with Crippen LogP contribution in [0.5, 0.6) is 0 Å². The summed E-state index contributed by atoms with van der Waals surface area (Å²) in [6, 6.07) is 9.76. The van der Waals surface area contributed by atoms with Crippen LogP contribution in [0.3, 0.4) is 0 Å². The van der Waals surface area contributed by atoms with E-state index >= 15 is 0 Å². The van der Waals surface area contributed by atoms with Gasteiger partial charge in [0.1, 0.15) is 11.5 Å². The van der Waals surface area contributed by atoms with Gasteiger partial charge in [0.2, 0.25) is 0 Å². The number of aryl methyl sites for hydroxylation is 2. The number of benzene rings is 1. The summed E-state index contributed by atoms with van der Waals surface area (Å²) in [7, 11) is 1.87. The van der Waals surface area contributed by atoms with Crippen molar-refractivity contribution in [1.82, 2.24) is 29.9 Å². The quantitative estimate of drug-likeness (QED) is 0.741. The molecule has 7 nitrogen and oxygen atoms in total. The van der Waals surface area contributed by atoms with Gasteiger partial charge in [-0.2, -0.15) is 10.2 Å². The number of hydrogen-bond donors (Lipinski definition) is 1. The molecule has 2 heterocycles. The minimum absolute atomic E-state index is 0.153. The summed E-state index contributed by atoms with van der Waals surface area (Å²) in [6.45, 7) is 3.06. The lowest BCUT2D eigenvalue weighted by Gasteiger charge is -2.05. The minimum Gasteiger partial charge on any atom is -0.345 e. The second-order valence-corrected chi connectivity index (χ2v) is 6.58. The molecule has 1 N–H and O–H groups in total. The molecular weight excluding hydrogens is 328 g/mol. The van der Waals surface area contributed by atoms with Gasteiger partial charge in [0.05, 0.1) is 12.1 Å². The zero-order valence-corrected chi connectivity index (χ0v) is 15.0. The Morgan fingerprint density at radius 2 is 2.00 bits per heavy atom. The Bertz CT molecular complexity index is 923. The minimum atomic E-state index is -0.153. The van der Waals surface area contributed by atoms with Gasteiger partial charge in [-0.15, -0.1) is 0 Å². The van der Waals surface area contributed by atoms with E-state index in [0.717, 1.165) is 30.1 Å². The van der Waals surface area contributed by atoms with E-state index in [9.17, 15) is 4.79 Å². The van der Waals surface area contributed by atoms with Crippen molar-refractivity contribution in [3.05, 3.63) is 53.7 Å². The molecule has 1 saturated carbocycles. The van der Waals surface area contributed by atoms with Gasteiger partial charge in [0, 0.05) is 31.3 Å². The van der Waals surface area contributed by atoms with Gasteiger partial charge >= 0.3 is 0 Å². The number of rotatable bonds is 6. The van der Waals surface area contributed by atoms with E-state index in [4.69, 9.17) is 0 Å². The smallest absolute Gasteiger partial charge is 0.255 e. The van der Waals surface area contributed by atoms with Crippen molar-refractivity contribution in [2.45, 2.75) is 38.8 Å². The predicted molar refractivity (Wildman–Crippen MR) is 97.5 cm³/mol. The average Bonchev–Trinajstić information content (AvgIpc) is 3.31. The number of nitrogens with zero attached hydrogens (tertiary/aromatic N) is 5. The van der Waals surface area contributed by atoms with E-state index in [0.29, 0.717) is 30.3 Å². The van der Waals surface area contributed by atoms with Crippen LogP contribution in [-0.4, -0.2) is 30.5 Å². The van der Waals surface area contributed by atoms with Gasteiger partial charge in [0.15, 0.2) is 5.82 Å². The van der Waals surface area contributed by atoms with Gasteiger partial charge in [-0.1, -0.05) is 30.3 Å². The second-order valence-electron chi connectivity index (χ2n) is 6.58. The Labute approximate surface area is 152 Å². The Morgan fingerprint density at radius 1 is 1.23 bits per heavy atom. The van der Waals surface area contributed by atoms with E-state index in [2.05, 4.69) is 20.5 Å². The number of carbonyl (C=O) groups is 1. The highest BCUT2D eigenvalue weighted by molar-refractivity contribution is 5.99. The lowest BCUT2D eigenvalue weighted by atomic mass is 10.1. The molecular formula is C19H22N6O. The van der Waals surface area contributed by atoms with Crippen LogP contribution in [0.1, 0.15) is 47.7 Å². The van der Waals surface area contributed by atoms with Crippen LogP contribution in [-0.2, 0) is 20.1 Å². The Hall–Kier alpha value is -2.96. The van der Waals surface area contributed by atoms with Crippen molar-refractivity contribution >= 4 is 5.91 Å². The number of hydrogen-bond acceptors (Lipinski definition) is 4. The summed E-state index contributed by atoms with van der Waals surface area (Å²) >= 11 is 0. The highest BCUT2D eigenvalue weighted by atomic mass is 16.1. The summed E-state index contributed by atoms with van der Waals surface area (Å²) in [5.41, 5.74) is 2.20. The molecule has 1 aliphatic carbocycles. The number of amides is 1. The van der Waals surface area contributed by atoms with Crippen LogP contribution in [0.4, 0.5) is 0 Å². The van der Waals surface area contributed by atoms with E-state index in [-0.39, 0.29) is 5.91 Å². The Kier molecular flexibility index (Phi) is 4.28. The van der Waals surface area contributed by atoms with Gasteiger partial charge in [-0.05, 0) is 19.8 Å². The maximum atomic E-state index is 12.8. The van der Waals surface area contributed by atoms with Crippen molar-refractivity contribution in [3.63, 3.8) is 0 Å². The first-order valence-corrected chi connectivity index (χ1v) is 8.96. The maximum absolute atomic E-state index is 12.8. The van der Waals surface area contributed by atoms with E-state index in [1.54, 1.807) is 15.6 Å². The molecule has 3 aromatic rings. The van der Waals surface area contributed by atoms with Gasteiger partial charge in [0.25, 0.3) is 5.91 Å². The normalized spacial score (nSPS) is 13.8. The van der Waals surface area contributed by atoms with Gasteiger partial charge in [-0.25, -0.2) is 4.98 Å². The summed E-state index contributed by atoms with van der Waals surface area (Å²) in [5, 5.41) is 12.0. The molecule has 2 aromatic heterocycles. The van der Waals surface area contributed by atoms with Crippen molar-refractivity contribution in [2.24, 2.45) is 7.05 Å². The molecule has 0 atom stereocenters. The molecule has 0 bridgehead atoms. The SMILES string of the molecule is CCn1cc(C(=O)NCc2nc(C3CC3)nn2C)c(-c2ccccc2)n1. The summed E-state index contributed by atoms with van der Waals surface area (Å²) in [6.07, 6.45) is 4.11. The van der Waals surface area contributed by atoms with Crippen LogP contribution in [0.2, 0.25) is 0 Å². The molecule has 0 spiro atoms. The third-order valence-corrected chi connectivity index (χ3v) is 4.60. The van der Waals surface area contributed by atoms with E-state index in [1.807, 2.05) is 44.3 Å². The highest BCUT2D eigenvalue weighted by Crippen LogP contribution is 2.37. The number of aromatic nitrogens is 5. The van der Waals surface area contributed by atoms with Crippen molar-refractivity contribution in [2.75, 3.05) is 0 Å². The highest BCUT2D eigenvalue weighted by Gasteiger charge is 2.28. The molecule has 26 heavy (non-hydrogen) atoms. The van der Waals surface area contributed by atoms with E-state index < -0.39 is 0 Å². The second kappa shape index (κ2) is 6.74. The monoisotopic (exact) mass is 350 g/mol. The first-order chi connectivity index (χ1) is 12.7. The lowest BCUT2D eigenvalue weighted by Crippen LogP contribution is -2.24. The third-order valence-electron chi connectivity index (χ3n) is 4.60. The fraction of sp³-hybridized carbons (Fsp3) is 0.368. The summed E-state index contributed by atoms with van der Waals surface area (Å²) < 4.78 is 3.53. The van der Waals surface area contributed by atoms with Crippen LogP contribution in [0, 0.1) is 0 Å². The third kappa shape index (κ3) is 3.24. The van der Waals surface area contributed by atoms with Crippen molar-refractivity contribution in [3.8, 4) is 11.3 Å². The zero-order chi connectivity index (χ0) is 18.1. The molecule has 1 fully saturated rings. The van der Waals surface area contributed by atoms with Crippen LogP contribution in [0.15, 0.2) is 36.5 Å². The maximum Gasteiger partial charge on any atom is 0.255 e. The van der Waals surface area contributed by atoms with Gasteiger partial charge < -0.3 is 5.32 Å². The molecule has 1 aliphatic rings. The fourth-order valence-electron chi connectivity index (χ4n) is 2.92. The molecule has 0 radical (unpaired) electrons. The van der Waals surface area contributed by atoms with Crippen LogP contribution in [0.25, 0.3) is 11.3 Å². The molecule has 1 aromatic carbocycles. The molecule has 1 amide bonds. The number of carbonyl (C=O) groups excluding carboxylic acids is 1. The van der Waals surface area contributed by atoms with Gasteiger partial charge in [-0.3, -0.25) is 14.2 Å². The zero-order valence-electron chi connectivity index (χ0n) is 15.0. The molecule has 4 rings (SSSR count). The molecule has 7 heteroatoms. The standard InChI is InChI=1S/C19H22N6O/c1-3-25-12-15(17(22-25)13-7-5-4-6-8-13)19(26)20-11-16-21-18(14-9-10-14)23-24(16)2/h4-8,12,14H,3,9-11H2,1-2H3,(H,20,26). The number of nitrogens with one attached hydrogen (secondary N) is 1. The largest absolute Gasteiger partial charge is 0.345 e. The first-order valence-electron chi connectivity index (χ1n) is 8.96. The van der Waals surface area contributed by atoms with Crippen molar-refractivity contribution < 1.29 is 4.79 Å². The lowest BCUT2D eigenvalue weighted by molar-refractivity contribution is 0.0950. The Morgan fingerprint density at radius 3 is 2.69 bits per heavy atom. The van der Waals surface area contributed by atoms with Crippen molar-refractivity contribution in [1.29, 1.82) is 0 Å². The molecule has 0 saturated heterocycles. The van der Waals surface area contributed by atoms with Crippen LogP contribution < -0.4 is 5.32 Å². The molecule has 0 aliphatic heterocycles. The molecule has 0 unspecified atom stereocenters. The first kappa shape index (κ1) is 16.5.